The van der Waals surface area contributed by atoms with Crippen LogP contribution in [-0.4, -0.2) is 26.0 Å². The maximum absolute atomic E-state index is 11.0. The van der Waals surface area contributed by atoms with Gasteiger partial charge in [0, 0.05) is 12.4 Å². The van der Waals surface area contributed by atoms with E-state index < -0.39 is 5.97 Å². The maximum Gasteiger partial charge on any atom is 0.339 e. The first-order valence-electron chi connectivity index (χ1n) is 4.42. The second kappa shape index (κ2) is 4.19. The van der Waals surface area contributed by atoms with Gasteiger partial charge in [0.1, 0.15) is 5.56 Å². The largest absolute Gasteiger partial charge is 0.478 e. The van der Waals surface area contributed by atoms with Crippen LogP contribution in [0.1, 0.15) is 10.4 Å². The van der Waals surface area contributed by atoms with Crippen LogP contribution < -0.4 is 0 Å². The molecule has 0 saturated carbocycles. The first-order chi connectivity index (χ1) is 7.68. The quantitative estimate of drug-likeness (QED) is 0.774. The lowest BCUT2D eigenvalue weighted by Gasteiger charge is -2.04. The van der Waals surface area contributed by atoms with Crippen LogP contribution in [-0.2, 0) is 0 Å². The van der Waals surface area contributed by atoms with E-state index in [-0.39, 0.29) is 10.3 Å². The van der Waals surface area contributed by atoms with Crippen molar-refractivity contribution in [2.75, 3.05) is 0 Å². The summed E-state index contributed by atoms with van der Waals surface area (Å²) >= 11 is 4.86. The SMILES string of the molecule is O=C(O)c1cnc(=S)[nH]c1-c1ccccn1. The minimum atomic E-state index is -1.07. The van der Waals surface area contributed by atoms with Crippen LogP contribution >= 0.6 is 12.2 Å². The molecule has 0 amide bonds. The van der Waals surface area contributed by atoms with Gasteiger partial charge in [-0.2, -0.15) is 0 Å². The van der Waals surface area contributed by atoms with Crippen molar-refractivity contribution in [3.63, 3.8) is 0 Å². The van der Waals surface area contributed by atoms with Gasteiger partial charge in [0.15, 0.2) is 4.77 Å². The van der Waals surface area contributed by atoms with Crippen LogP contribution in [0.2, 0.25) is 0 Å². The minimum Gasteiger partial charge on any atom is -0.478 e. The summed E-state index contributed by atoms with van der Waals surface area (Å²) in [6.45, 7) is 0. The van der Waals surface area contributed by atoms with Crippen LogP contribution in [0.4, 0.5) is 0 Å². The number of hydrogen-bond donors (Lipinski definition) is 2. The molecule has 0 bridgehead atoms. The Morgan fingerprint density at radius 3 is 2.81 bits per heavy atom. The Hall–Kier alpha value is -2.08. The number of nitrogens with zero attached hydrogens (tertiary/aromatic N) is 2. The van der Waals surface area contributed by atoms with Crippen LogP contribution in [0, 0.1) is 4.77 Å². The third-order valence-electron chi connectivity index (χ3n) is 1.96. The molecule has 0 fully saturated rings. The number of aromatic carboxylic acids is 1. The van der Waals surface area contributed by atoms with Crippen molar-refractivity contribution in [2.45, 2.75) is 0 Å². The number of carboxylic acid groups (broad SMARTS) is 1. The second-order valence-electron chi connectivity index (χ2n) is 3.00. The van der Waals surface area contributed by atoms with Crippen molar-refractivity contribution in [2.24, 2.45) is 0 Å². The fraction of sp³-hybridized carbons (Fsp3) is 0. The zero-order valence-electron chi connectivity index (χ0n) is 8.04. The summed E-state index contributed by atoms with van der Waals surface area (Å²) in [5.74, 6) is -1.07. The number of H-pyrrole nitrogens is 1. The lowest BCUT2D eigenvalue weighted by atomic mass is 10.1. The number of carboxylic acids is 1. The molecule has 0 aromatic carbocycles. The fourth-order valence-corrected chi connectivity index (χ4v) is 1.42. The molecular formula is C10H7N3O2S. The van der Waals surface area contributed by atoms with E-state index in [9.17, 15) is 4.79 Å². The summed E-state index contributed by atoms with van der Waals surface area (Å²) in [5, 5.41) is 9.00. The summed E-state index contributed by atoms with van der Waals surface area (Å²) in [6, 6.07) is 5.22. The zero-order chi connectivity index (χ0) is 11.5. The van der Waals surface area contributed by atoms with Gasteiger partial charge in [0.05, 0.1) is 11.4 Å². The Bertz CT molecular complexity index is 580. The molecule has 0 aliphatic heterocycles. The van der Waals surface area contributed by atoms with Crippen molar-refractivity contribution in [1.29, 1.82) is 0 Å². The van der Waals surface area contributed by atoms with E-state index in [4.69, 9.17) is 17.3 Å². The molecular weight excluding hydrogens is 226 g/mol. The molecule has 2 aromatic heterocycles. The molecule has 0 atom stereocenters. The third kappa shape index (κ3) is 1.96. The predicted molar refractivity (Wildman–Crippen MR) is 59.6 cm³/mol. The minimum absolute atomic E-state index is 0.0484. The Labute approximate surface area is 95.8 Å². The third-order valence-corrected chi connectivity index (χ3v) is 2.17. The van der Waals surface area contributed by atoms with E-state index in [0.29, 0.717) is 11.4 Å². The van der Waals surface area contributed by atoms with Gasteiger partial charge in [-0.15, -0.1) is 0 Å². The zero-order valence-corrected chi connectivity index (χ0v) is 8.86. The van der Waals surface area contributed by atoms with E-state index >= 15 is 0 Å². The molecule has 0 aliphatic rings. The highest BCUT2D eigenvalue weighted by molar-refractivity contribution is 7.71. The molecule has 0 unspecified atom stereocenters. The van der Waals surface area contributed by atoms with Crippen molar-refractivity contribution >= 4 is 18.2 Å². The van der Waals surface area contributed by atoms with Gasteiger partial charge in [0.25, 0.3) is 0 Å². The van der Waals surface area contributed by atoms with Crippen molar-refractivity contribution in [1.82, 2.24) is 15.0 Å². The summed E-state index contributed by atoms with van der Waals surface area (Å²) in [7, 11) is 0. The lowest BCUT2D eigenvalue weighted by Crippen LogP contribution is -2.03. The fourth-order valence-electron chi connectivity index (χ4n) is 1.27. The van der Waals surface area contributed by atoms with Crippen molar-refractivity contribution in [3.05, 3.63) is 40.9 Å². The molecule has 0 saturated heterocycles. The molecule has 0 spiro atoms. The van der Waals surface area contributed by atoms with E-state index in [1.165, 1.54) is 6.20 Å². The van der Waals surface area contributed by atoms with Gasteiger partial charge in [-0.3, -0.25) is 4.98 Å². The highest BCUT2D eigenvalue weighted by Crippen LogP contribution is 2.17. The van der Waals surface area contributed by atoms with Gasteiger partial charge in [-0.05, 0) is 24.4 Å². The molecule has 0 radical (unpaired) electrons. The topological polar surface area (TPSA) is 78.9 Å². The number of hydrogen-bond acceptors (Lipinski definition) is 4. The smallest absolute Gasteiger partial charge is 0.339 e. The molecule has 0 aliphatic carbocycles. The summed E-state index contributed by atoms with van der Waals surface area (Å²) in [4.78, 5) is 21.5. The monoisotopic (exact) mass is 233 g/mol. The Morgan fingerprint density at radius 2 is 2.19 bits per heavy atom. The van der Waals surface area contributed by atoms with Gasteiger partial charge in [0.2, 0.25) is 0 Å². The molecule has 16 heavy (non-hydrogen) atoms. The van der Waals surface area contributed by atoms with E-state index in [1.807, 2.05) is 0 Å². The second-order valence-corrected chi connectivity index (χ2v) is 3.38. The Kier molecular flexibility index (Phi) is 2.74. The maximum atomic E-state index is 11.0. The molecule has 5 nitrogen and oxygen atoms in total. The van der Waals surface area contributed by atoms with Crippen molar-refractivity contribution < 1.29 is 9.90 Å². The van der Waals surface area contributed by atoms with Crippen LogP contribution in [0.3, 0.4) is 0 Å². The Balaban J connectivity index is 2.68. The van der Waals surface area contributed by atoms with Gasteiger partial charge in [-0.25, -0.2) is 9.78 Å². The van der Waals surface area contributed by atoms with Crippen LogP contribution in [0.25, 0.3) is 11.4 Å². The van der Waals surface area contributed by atoms with Gasteiger partial charge < -0.3 is 10.1 Å². The van der Waals surface area contributed by atoms with E-state index in [1.54, 1.807) is 24.4 Å². The number of rotatable bonds is 2. The van der Waals surface area contributed by atoms with Crippen LogP contribution in [0.5, 0.6) is 0 Å². The highest BCUT2D eigenvalue weighted by Gasteiger charge is 2.13. The van der Waals surface area contributed by atoms with Gasteiger partial charge >= 0.3 is 5.97 Å². The number of aromatic nitrogens is 3. The molecule has 6 heteroatoms. The molecule has 2 aromatic rings. The summed E-state index contributed by atoms with van der Waals surface area (Å²) < 4.78 is 0.227. The van der Waals surface area contributed by atoms with E-state index in [0.717, 1.165) is 0 Å². The first kappa shape index (κ1) is 10.4. The summed E-state index contributed by atoms with van der Waals surface area (Å²) in [5.41, 5.74) is 0.939. The molecule has 80 valence electrons. The average molecular weight is 233 g/mol. The molecule has 2 N–H and O–H groups in total. The average Bonchev–Trinajstić information content (AvgIpc) is 2.29. The number of nitrogens with one attached hydrogen (secondary N) is 1. The predicted octanol–water partition coefficient (Wildman–Crippen LogP) is 1.90. The molecule has 2 rings (SSSR count). The van der Waals surface area contributed by atoms with Crippen LogP contribution in [0.15, 0.2) is 30.6 Å². The Morgan fingerprint density at radius 1 is 1.38 bits per heavy atom. The number of carbonyl (C=O) groups is 1. The molecule has 2 heterocycles. The first-order valence-corrected chi connectivity index (χ1v) is 4.83. The van der Waals surface area contributed by atoms with Crippen molar-refractivity contribution in [3.8, 4) is 11.4 Å². The van der Waals surface area contributed by atoms with Gasteiger partial charge in [-0.1, -0.05) is 6.07 Å². The van der Waals surface area contributed by atoms with E-state index in [2.05, 4.69) is 15.0 Å². The summed E-state index contributed by atoms with van der Waals surface area (Å²) in [6.07, 6.45) is 2.81. The standard InChI is InChI=1S/C10H7N3O2S/c14-9(15)6-5-12-10(16)13-8(6)7-3-1-2-4-11-7/h1-5H,(H,14,15)(H,12,13,16). The number of aromatic amines is 1. The normalized spacial score (nSPS) is 10.0. The highest BCUT2D eigenvalue weighted by atomic mass is 32.1. The lowest BCUT2D eigenvalue weighted by molar-refractivity contribution is 0.0697. The number of pyridine rings is 1.